The Morgan fingerprint density at radius 2 is 1.40 bits per heavy atom. The van der Waals surface area contributed by atoms with Crippen molar-refractivity contribution >= 4 is 46.0 Å². The van der Waals surface area contributed by atoms with Crippen LogP contribution in [0.4, 0.5) is 35.9 Å². The molecule has 0 radical (unpaired) electrons. The van der Waals surface area contributed by atoms with Crippen LogP contribution in [0.15, 0.2) is 18.5 Å². The average Bonchev–Trinajstić information content (AvgIpc) is 2.49. The van der Waals surface area contributed by atoms with E-state index >= 15 is 0 Å². The molecule has 1 aromatic heterocycles. The lowest BCUT2D eigenvalue weighted by atomic mass is 10.1. The number of benzene rings is 1. The molecule has 1 heterocycles. The van der Waals surface area contributed by atoms with E-state index in [1.807, 2.05) is 0 Å². The van der Waals surface area contributed by atoms with Crippen LogP contribution >= 0.6 is 23.2 Å². The molecule has 0 fully saturated rings. The molecule has 0 spiro atoms. The zero-order chi connectivity index (χ0) is 18.9. The minimum Gasteiger partial charge on any atom is -0.339 e. The molecule has 0 aliphatic rings. The summed E-state index contributed by atoms with van der Waals surface area (Å²) in [6.45, 7) is 0. The molecule has 0 atom stereocenters. The molecule has 0 amide bonds. The second-order valence-electron chi connectivity index (χ2n) is 4.36. The van der Waals surface area contributed by atoms with Gasteiger partial charge in [0.1, 0.15) is 12.0 Å². The maximum atomic E-state index is 12.8. The SMILES string of the molecule is O=[N+]([O-])c1cc(C(F)(F)F)cc([N+](=O)[O-])c1Nc1c(Cl)ncnc1Cl. The Bertz CT molecular complexity index is 822. The Kier molecular flexibility index (Phi) is 4.94. The molecule has 25 heavy (non-hydrogen) atoms. The standard InChI is InChI=1S/C11H4Cl2F3N5O4/c12-9-8(10(13)18-3-17-9)19-7-5(20(22)23)1-4(11(14,15)16)2-6(7)21(24)25/h1-3,19H. The van der Waals surface area contributed by atoms with E-state index in [0.29, 0.717) is 0 Å². The highest BCUT2D eigenvalue weighted by Gasteiger charge is 2.38. The maximum Gasteiger partial charge on any atom is 0.416 e. The minimum absolute atomic E-state index is 0.154. The number of hydrogen-bond acceptors (Lipinski definition) is 7. The first-order valence-electron chi connectivity index (χ1n) is 5.99. The second-order valence-corrected chi connectivity index (χ2v) is 5.07. The van der Waals surface area contributed by atoms with Gasteiger partial charge in [-0.25, -0.2) is 9.97 Å². The van der Waals surface area contributed by atoms with Crippen molar-refractivity contribution in [2.45, 2.75) is 6.18 Å². The number of nitro benzene ring substituents is 2. The van der Waals surface area contributed by atoms with E-state index in [1.165, 1.54) is 0 Å². The summed E-state index contributed by atoms with van der Waals surface area (Å²) >= 11 is 11.5. The van der Waals surface area contributed by atoms with E-state index < -0.39 is 38.6 Å². The lowest BCUT2D eigenvalue weighted by Crippen LogP contribution is -2.10. The predicted octanol–water partition coefficient (Wildman–Crippen LogP) is 4.36. The number of nitrogens with one attached hydrogen (secondary N) is 1. The molecule has 0 aliphatic carbocycles. The Labute approximate surface area is 145 Å². The van der Waals surface area contributed by atoms with Crippen LogP contribution in [-0.4, -0.2) is 19.8 Å². The Balaban J connectivity index is 2.75. The van der Waals surface area contributed by atoms with Gasteiger partial charge in [-0.3, -0.25) is 20.2 Å². The van der Waals surface area contributed by atoms with Crippen molar-refractivity contribution in [2.24, 2.45) is 0 Å². The van der Waals surface area contributed by atoms with Crippen molar-refractivity contribution in [3.63, 3.8) is 0 Å². The molecule has 0 aliphatic heterocycles. The summed E-state index contributed by atoms with van der Waals surface area (Å²) in [5.41, 5.74) is -5.13. The van der Waals surface area contributed by atoms with Gasteiger partial charge in [0.25, 0.3) is 11.4 Å². The van der Waals surface area contributed by atoms with Gasteiger partial charge in [0.15, 0.2) is 16.0 Å². The number of nitrogens with zero attached hydrogens (tertiary/aromatic N) is 4. The molecule has 2 rings (SSSR count). The van der Waals surface area contributed by atoms with Crippen molar-refractivity contribution in [1.82, 2.24) is 9.97 Å². The van der Waals surface area contributed by atoms with Gasteiger partial charge in [-0.1, -0.05) is 23.2 Å². The summed E-state index contributed by atoms with van der Waals surface area (Å²) < 4.78 is 38.5. The van der Waals surface area contributed by atoms with Gasteiger partial charge in [-0.15, -0.1) is 0 Å². The van der Waals surface area contributed by atoms with Gasteiger partial charge in [-0.05, 0) is 0 Å². The second kappa shape index (κ2) is 6.64. The van der Waals surface area contributed by atoms with Gasteiger partial charge in [0.05, 0.1) is 15.4 Å². The summed E-state index contributed by atoms with van der Waals surface area (Å²) in [5, 5.41) is 23.7. The van der Waals surface area contributed by atoms with E-state index in [9.17, 15) is 33.4 Å². The molecule has 0 bridgehead atoms. The first-order chi connectivity index (χ1) is 11.5. The Morgan fingerprint density at radius 3 is 1.76 bits per heavy atom. The van der Waals surface area contributed by atoms with Crippen LogP contribution in [0.5, 0.6) is 0 Å². The van der Waals surface area contributed by atoms with E-state index in [-0.39, 0.29) is 28.1 Å². The zero-order valence-electron chi connectivity index (χ0n) is 11.5. The summed E-state index contributed by atoms with van der Waals surface area (Å²) in [6.07, 6.45) is -4.08. The molecule has 132 valence electrons. The van der Waals surface area contributed by atoms with Gasteiger partial charge in [0.2, 0.25) is 0 Å². The fourth-order valence-corrected chi connectivity index (χ4v) is 2.17. The number of hydrogen-bond donors (Lipinski definition) is 1. The summed E-state index contributed by atoms with van der Waals surface area (Å²) in [5.74, 6) is 0. The van der Waals surface area contributed by atoms with Crippen molar-refractivity contribution < 1.29 is 23.0 Å². The molecule has 2 aromatic rings. The predicted molar refractivity (Wildman–Crippen MR) is 80.1 cm³/mol. The van der Waals surface area contributed by atoms with Crippen molar-refractivity contribution in [3.05, 3.63) is 54.6 Å². The van der Waals surface area contributed by atoms with Gasteiger partial charge < -0.3 is 5.32 Å². The molecule has 1 N–H and O–H groups in total. The van der Waals surface area contributed by atoms with E-state index in [4.69, 9.17) is 23.2 Å². The minimum atomic E-state index is -5.03. The van der Waals surface area contributed by atoms with Gasteiger partial charge in [0, 0.05) is 12.1 Å². The number of anilines is 2. The molecular formula is C11H4Cl2F3N5O4. The number of rotatable bonds is 4. The van der Waals surface area contributed by atoms with Crippen LogP contribution in [0.3, 0.4) is 0 Å². The van der Waals surface area contributed by atoms with E-state index in [0.717, 1.165) is 6.33 Å². The number of nitro groups is 2. The molecular weight excluding hydrogens is 394 g/mol. The summed E-state index contributed by atoms with van der Waals surface area (Å²) in [6, 6.07) is 0.307. The Hall–Kier alpha value is -2.73. The van der Waals surface area contributed by atoms with Gasteiger partial charge >= 0.3 is 6.18 Å². The fourth-order valence-electron chi connectivity index (χ4n) is 1.76. The molecule has 0 saturated carbocycles. The Morgan fingerprint density at radius 1 is 0.960 bits per heavy atom. The monoisotopic (exact) mass is 397 g/mol. The average molecular weight is 398 g/mol. The third-order valence-corrected chi connectivity index (χ3v) is 3.40. The molecule has 14 heteroatoms. The van der Waals surface area contributed by atoms with Crippen LogP contribution in [0.25, 0.3) is 0 Å². The third kappa shape index (κ3) is 3.85. The highest BCUT2D eigenvalue weighted by Crippen LogP contribution is 2.43. The molecule has 0 unspecified atom stereocenters. The number of halogens is 5. The zero-order valence-corrected chi connectivity index (χ0v) is 13.1. The quantitative estimate of drug-likeness (QED) is 0.461. The van der Waals surface area contributed by atoms with Crippen LogP contribution in [0, 0.1) is 20.2 Å². The molecule has 0 saturated heterocycles. The van der Waals surface area contributed by atoms with Crippen LogP contribution in [0.2, 0.25) is 10.3 Å². The topological polar surface area (TPSA) is 124 Å². The van der Waals surface area contributed by atoms with Crippen molar-refractivity contribution in [1.29, 1.82) is 0 Å². The highest BCUT2D eigenvalue weighted by atomic mass is 35.5. The number of alkyl halides is 3. The first kappa shape index (κ1) is 18.6. The van der Waals surface area contributed by atoms with Crippen LogP contribution in [0.1, 0.15) is 5.56 Å². The highest BCUT2D eigenvalue weighted by molar-refractivity contribution is 6.37. The van der Waals surface area contributed by atoms with Crippen LogP contribution in [-0.2, 0) is 6.18 Å². The first-order valence-corrected chi connectivity index (χ1v) is 6.75. The normalized spacial score (nSPS) is 11.2. The smallest absolute Gasteiger partial charge is 0.339 e. The lowest BCUT2D eigenvalue weighted by molar-refractivity contribution is -0.392. The lowest BCUT2D eigenvalue weighted by Gasteiger charge is -2.12. The molecule has 1 aromatic carbocycles. The third-order valence-electron chi connectivity index (χ3n) is 2.82. The molecule has 9 nitrogen and oxygen atoms in total. The van der Waals surface area contributed by atoms with Gasteiger partial charge in [-0.2, -0.15) is 13.2 Å². The largest absolute Gasteiger partial charge is 0.416 e. The van der Waals surface area contributed by atoms with E-state index in [1.54, 1.807) is 0 Å². The summed E-state index contributed by atoms with van der Waals surface area (Å²) in [4.78, 5) is 26.9. The van der Waals surface area contributed by atoms with Crippen LogP contribution < -0.4 is 5.32 Å². The number of aromatic nitrogens is 2. The fraction of sp³-hybridized carbons (Fsp3) is 0.0909. The van der Waals surface area contributed by atoms with Crippen molar-refractivity contribution in [2.75, 3.05) is 5.32 Å². The summed E-state index contributed by atoms with van der Waals surface area (Å²) in [7, 11) is 0. The van der Waals surface area contributed by atoms with E-state index in [2.05, 4.69) is 15.3 Å². The maximum absolute atomic E-state index is 12.8. The van der Waals surface area contributed by atoms with Crippen molar-refractivity contribution in [3.8, 4) is 0 Å².